The number of anilines is 1. The van der Waals surface area contributed by atoms with Crippen LogP contribution in [0.1, 0.15) is 17.2 Å². The van der Waals surface area contributed by atoms with Crippen LogP contribution >= 0.6 is 0 Å². The second-order valence-corrected chi connectivity index (χ2v) is 7.30. The molecule has 0 aliphatic carbocycles. The van der Waals surface area contributed by atoms with Crippen molar-refractivity contribution < 1.29 is 5.11 Å². The lowest BCUT2D eigenvalue weighted by molar-refractivity contribution is 0.110. The maximum Gasteiger partial charge on any atom is 0.0937 e. The minimum Gasteiger partial charge on any atom is -0.387 e. The first-order chi connectivity index (χ1) is 12.6. The van der Waals surface area contributed by atoms with Gasteiger partial charge in [-0.3, -0.25) is 4.90 Å². The summed E-state index contributed by atoms with van der Waals surface area (Å²) in [5.74, 6) is 0. The van der Waals surface area contributed by atoms with Crippen molar-refractivity contribution in [2.75, 3.05) is 37.6 Å². The highest BCUT2D eigenvalue weighted by atomic mass is 16.3. The van der Waals surface area contributed by atoms with Gasteiger partial charge in [0.25, 0.3) is 0 Å². The molecule has 1 N–H and O–H groups in total. The Bertz CT molecular complexity index is 893. The molecule has 4 heteroatoms. The van der Waals surface area contributed by atoms with Gasteiger partial charge in [0.1, 0.15) is 0 Å². The van der Waals surface area contributed by atoms with Crippen LogP contribution in [0.5, 0.6) is 0 Å². The molecule has 136 valence electrons. The fourth-order valence-corrected chi connectivity index (χ4v) is 4.07. The number of hydrogen-bond donors (Lipinski definition) is 1. The number of rotatable bonds is 4. The fourth-order valence-electron chi connectivity index (χ4n) is 4.07. The highest BCUT2D eigenvalue weighted by Crippen LogP contribution is 2.27. The van der Waals surface area contributed by atoms with Gasteiger partial charge in [-0.05, 0) is 24.6 Å². The molecule has 26 heavy (non-hydrogen) atoms. The van der Waals surface area contributed by atoms with Gasteiger partial charge >= 0.3 is 0 Å². The highest BCUT2D eigenvalue weighted by molar-refractivity contribution is 5.84. The Morgan fingerprint density at radius 3 is 2.42 bits per heavy atom. The molecule has 1 fully saturated rings. The van der Waals surface area contributed by atoms with Gasteiger partial charge in [0.15, 0.2) is 0 Å². The maximum absolute atomic E-state index is 10.8. The minimum atomic E-state index is -0.453. The molecule has 0 spiro atoms. The molecule has 1 aliphatic rings. The minimum absolute atomic E-state index is 0.453. The molecular formula is C22H27N3O. The van der Waals surface area contributed by atoms with Gasteiger partial charge in [-0.2, -0.15) is 0 Å². The van der Waals surface area contributed by atoms with Crippen LogP contribution < -0.4 is 4.90 Å². The van der Waals surface area contributed by atoms with Crippen molar-refractivity contribution in [1.82, 2.24) is 9.47 Å². The average molecular weight is 349 g/mol. The fraction of sp³-hybridized carbons (Fsp3) is 0.364. The van der Waals surface area contributed by atoms with Gasteiger partial charge in [0.2, 0.25) is 0 Å². The molecule has 0 amide bonds. The number of aliphatic hydroxyl groups is 1. The Labute approximate surface area is 155 Å². The monoisotopic (exact) mass is 349 g/mol. The quantitative estimate of drug-likeness (QED) is 0.784. The molecule has 1 aliphatic heterocycles. The van der Waals surface area contributed by atoms with E-state index < -0.39 is 6.10 Å². The molecule has 3 aromatic rings. The van der Waals surface area contributed by atoms with E-state index in [0.717, 1.165) is 37.1 Å². The Morgan fingerprint density at radius 1 is 0.962 bits per heavy atom. The van der Waals surface area contributed by atoms with E-state index >= 15 is 0 Å². The number of aryl methyl sites for hydroxylation is 2. The predicted molar refractivity (Wildman–Crippen MR) is 108 cm³/mol. The molecule has 1 saturated heterocycles. The van der Waals surface area contributed by atoms with E-state index in [4.69, 9.17) is 0 Å². The SMILES string of the molecule is Cc1ccccc1N1CCN(C[C@@H](O)c2cn(C)c3ccccc23)CC1. The van der Waals surface area contributed by atoms with Crippen molar-refractivity contribution in [3.8, 4) is 0 Å². The molecule has 0 bridgehead atoms. The number of benzene rings is 2. The van der Waals surface area contributed by atoms with Gasteiger partial charge in [-0.25, -0.2) is 0 Å². The van der Waals surface area contributed by atoms with Crippen LogP contribution in [0.4, 0.5) is 5.69 Å². The third-order valence-electron chi connectivity index (χ3n) is 5.55. The first-order valence-electron chi connectivity index (χ1n) is 9.38. The third kappa shape index (κ3) is 3.22. The summed E-state index contributed by atoms with van der Waals surface area (Å²) < 4.78 is 2.10. The molecule has 0 saturated carbocycles. The van der Waals surface area contributed by atoms with Crippen LogP contribution in [-0.2, 0) is 7.05 Å². The Kier molecular flexibility index (Phi) is 4.70. The second kappa shape index (κ2) is 7.14. The van der Waals surface area contributed by atoms with Gasteiger partial charge in [-0.15, -0.1) is 0 Å². The topological polar surface area (TPSA) is 31.6 Å². The first-order valence-corrected chi connectivity index (χ1v) is 9.38. The zero-order valence-electron chi connectivity index (χ0n) is 15.6. The Morgan fingerprint density at radius 2 is 1.65 bits per heavy atom. The second-order valence-electron chi connectivity index (χ2n) is 7.30. The molecule has 0 radical (unpaired) electrons. The van der Waals surface area contributed by atoms with Gasteiger partial charge in [0, 0.05) is 68.1 Å². The van der Waals surface area contributed by atoms with E-state index in [1.807, 2.05) is 19.2 Å². The molecule has 2 aromatic carbocycles. The Hall–Kier alpha value is -2.30. The summed E-state index contributed by atoms with van der Waals surface area (Å²) in [7, 11) is 2.04. The predicted octanol–water partition coefficient (Wildman–Crippen LogP) is 3.34. The summed E-state index contributed by atoms with van der Waals surface area (Å²) in [5.41, 5.74) is 4.87. The highest BCUT2D eigenvalue weighted by Gasteiger charge is 2.22. The number of hydrogen-bond acceptors (Lipinski definition) is 3. The largest absolute Gasteiger partial charge is 0.387 e. The zero-order valence-corrected chi connectivity index (χ0v) is 15.6. The van der Waals surface area contributed by atoms with E-state index in [0.29, 0.717) is 6.54 Å². The molecule has 1 aromatic heterocycles. The summed E-state index contributed by atoms with van der Waals surface area (Å²) in [6.07, 6.45) is 1.62. The average Bonchev–Trinajstić information content (AvgIpc) is 3.00. The van der Waals surface area contributed by atoms with Crippen molar-refractivity contribution in [2.24, 2.45) is 7.05 Å². The summed E-state index contributed by atoms with van der Waals surface area (Å²) in [4.78, 5) is 4.83. The summed E-state index contributed by atoms with van der Waals surface area (Å²) in [6.45, 7) is 6.84. The van der Waals surface area contributed by atoms with Crippen LogP contribution in [-0.4, -0.2) is 47.3 Å². The van der Waals surface area contributed by atoms with Crippen LogP contribution in [0.2, 0.25) is 0 Å². The Balaban J connectivity index is 1.42. The van der Waals surface area contributed by atoms with Gasteiger partial charge < -0.3 is 14.6 Å². The van der Waals surface area contributed by atoms with E-state index in [1.54, 1.807) is 0 Å². The number of β-amino-alcohol motifs (C(OH)–C–C–N with tert-alkyl or cyclic N) is 1. The molecule has 1 atom stereocenters. The van der Waals surface area contributed by atoms with Crippen LogP contribution in [0.3, 0.4) is 0 Å². The van der Waals surface area contributed by atoms with Crippen LogP contribution in [0.25, 0.3) is 10.9 Å². The number of nitrogens with zero attached hydrogens (tertiary/aromatic N) is 3. The zero-order chi connectivity index (χ0) is 18.1. The van der Waals surface area contributed by atoms with Gasteiger partial charge in [-0.1, -0.05) is 36.4 Å². The molecule has 2 heterocycles. The smallest absolute Gasteiger partial charge is 0.0937 e. The van der Waals surface area contributed by atoms with Crippen molar-refractivity contribution >= 4 is 16.6 Å². The van der Waals surface area contributed by atoms with E-state index in [9.17, 15) is 5.11 Å². The molecule has 4 rings (SSSR count). The number of para-hydroxylation sites is 2. The summed E-state index contributed by atoms with van der Waals surface area (Å²) in [6, 6.07) is 16.9. The summed E-state index contributed by atoms with van der Waals surface area (Å²) in [5, 5.41) is 12.0. The van der Waals surface area contributed by atoms with Crippen LogP contribution in [0, 0.1) is 6.92 Å². The van der Waals surface area contributed by atoms with Crippen molar-refractivity contribution in [3.63, 3.8) is 0 Å². The number of aliphatic hydroxyl groups excluding tert-OH is 1. The first kappa shape index (κ1) is 17.1. The lowest BCUT2D eigenvalue weighted by Gasteiger charge is -2.37. The number of piperazine rings is 1. The van der Waals surface area contributed by atoms with E-state index in [-0.39, 0.29) is 0 Å². The van der Waals surface area contributed by atoms with E-state index in [1.165, 1.54) is 16.8 Å². The van der Waals surface area contributed by atoms with Gasteiger partial charge in [0.05, 0.1) is 6.10 Å². The standard InChI is InChI=1S/C22H27N3O/c1-17-7-3-5-9-20(17)25-13-11-24(12-14-25)16-22(26)19-15-23(2)21-10-6-4-8-18(19)21/h3-10,15,22,26H,11-14,16H2,1-2H3/t22-/m1/s1. The third-order valence-corrected chi connectivity index (χ3v) is 5.55. The van der Waals surface area contributed by atoms with Crippen molar-refractivity contribution in [3.05, 3.63) is 65.9 Å². The lowest BCUT2D eigenvalue weighted by atomic mass is 10.1. The lowest BCUT2D eigenvalue weighted by Crippen LogP contribution is -2.47. The van der Waals surface area contributed by atoms with Crippen molar-refractivity contribution in [2.45, 2.75) is 13.0 Å². The molecule has 0 unspecified atom stereocenters. The number of fused-ring (bicyclic) bond motifs is 1. The van der Waals surface area contributed by atoms with Crippen LogP contribution in [0.15, 0.2) is 54.7 Å². The summed E-state index contributed by atoms with van der Waals surface area (Å²) >= 11 is 0. The number of aromatic nitrogens is 1. The van der Waals surface area contributed by atoms with Crippen molar-refractivity contribution in [1.29, 1.82) is 0 Å². The van der Waals surface area contributed by atoms with E-state index in [2.05, 4.69) is 63.9 Å². The molecular weight excluding hydrogens is 322 g/mol. The molecule has 4 nitrogen and oxygen atoms in total. The maximum atomic E-state index is 10.8. The normalized spacial score (nSPS) is 17.0.